The van der Waals surface area contributed by atoms with Crippen molar-refractivity contribution in [1.82, 2.24) is 14.9 Å². The summed E-state index contributed by atoms with van der Waals surface area (Å²) in [6.07, 6.45) is 1.71. The van der Waals surface area contributed by atoms with Crippen LogP contribution < -0.4 is 14.2 Å². The van der Waals surface area contributed by atoms with Crippen molar-refractivity contribution in [3.8, 4) is 17.2 Å². The van der Waals surface area contributed by atoms with Crippen molar-refractivity contribution in [2.75, 3.05) is 28.4 Å². The van der Waals surface area contributed by atoms with Crippen molar-refractivity contribution in [3.63, 3.8) is 0 Å². The summed E-state index contributed by atoms with van der Waals surface area (Å²) in [7, 11) is 6.41. The van der Waals surface area contributed by atoms with Crippen molar-refractivity contribution in [2.45, 2.75) is 6.54 Å². The van der Waals surface area contributed by atoms with Crippen LogP contribution in [0.2, 0.25) is 0 Å². The number of methoxy groups -OCH3 is 3. The first kappa shape index (κ1) is 17.6. The highest BCUT2D eigenvalue weighted by molar-refractivity contribution is 6.02. The predicted molar refractivity (Wildman–Crippen MR) is 98.0 cm³/mol. The molecule has 3 aromatic rings. The van der Waals surface area contributed by atoms with Crippen LogP contribution in [0.1, 0.15) is 16.2 Å². The van der Waals surface area contributed by atoms with Crippen molar-refractivity contribution in [1.29, 1.82) is 0 Å². The Morgan fingerprint density at radius 1 is 1.12 bits per heavy atom. The maximum atomic E-state index is 12.8. The number of pyridine rings is 1. The van der Waals surface area contributed by atoms with E-state index in [2.05, 4.69) is 9.97 Å². The number of H-pyrrole nitrogens is 1. The zero-order valence-electron chi connectivity index (χ0n) is 15.2. The lowest BCUT2D eigenvalue weighted by Gasteiger charge is -2.15. The number of ether oxygens (including phenoxy) is 3. The third-order valence-electron chi connectivity index (χ3n) is 4.14. The van der Waals surface area contributed by atoms with Crippen LogP contribution in [0, 0.1) is 0 Å². The number of amides is 1. The van der Waals surface area contributed by atoms with Gasteiger partial charge in [-0.25, -0.2) is 0 Å². The van der Waals surface area contributed by atoms with Gasteiger partial charge in [-0.05, 0) is 18.2 Å². The molecular formula is C19H21N3O4. The van der Waals surface area contributed by atoms with Crippen LogP contribution in [0.15, 0.2) is 36.5 Å². The Hall–Kier alpha value is -3.22. The summed E-state index contributed by atoms with van der Waals surface area (Å²) in [5.74, 6) is 1.49. The molecule has 0 bridgehead atoms. The average Bonchev–Trinajstić information content (AvgIpc) is 3.11. The lowest BCUT2D eigenvalue weighted by Crippen LogP contribution is -2.26. The minimum absolute atomic E-state index is 0.157. The van der Waals surface area contributed by atoms with E-state index in [0.717, 1.165) is 11.1 Å². The molecule has 26 heavy (non-hydrogen) atoms. The molecule has 0 atom stereocenters. The van der Waals surface area contributed by atoms with Crippen LogP contribution in [-0.4, -0.2) is 49.2 Å². The molecule has 1 amide bonds. The van der Waals surface area contributed by atoms with E-state index in [-0.39, 0.29) is 5.91 Å². The molecule has 0 saturated carbocycles. The van der Waals surface area contributed by atoms with Gasteiger partial charge in [0.1, 0.15) is 11.4 Å². The fraction of sp³-hybridized carbons (Fsp3) is 0.263. The maximum absolute atomic E-state index is 12.8. The number of hydrogen-bond acceptors (Lipinski definition) is 5. The lowest BCUT2D eigenvalue weighted by atomic mass is 10.2. The Bertz CT molecular complexity index is 921. The highest BCUT2D eigenvalue weighted by atomic mass is 16.5. The summed E-state index contributed by atoms with van der Waals surface area (Å²) in [4.78, 5) is 21.8. The number of aromatic nitrogens is 2. The molecule has 0 fully saturated rings. The Morgan fingerprint density at radius 2 is 1.88 bits per heavy atom. The topological polar surface area (TPSA) is 76.7 Å². The first-order chi connectivity index (χ1) is 12.6. The summed E-state index contributed by atoms with van der Waals surface area (Å²) in [5.41, 5.74) is 1.90. The summed E-state index contributed by atoms with van der Waals surface area (Å²) in [5, 5.41) is 0.750. The molecule has 2 heterocycles. The predicted octanol–water partition coefficient (Wildman–Crippen LogP) is 2.86. The van der Waals surface area contributed by atoms with E-state index in [0.29, 0.717) is 35.0 Å². The van der Waals surface area contributed by atoms with Crippen LogP contribution in [0.5, 0.6) is 17.2 Å². The highest BCUT2D eigenvalue weighted by Crippen LogP contribution is 2.41. The number of nitrogens with one attached hydrogen (secondary N) is 1. The Morgan fingerprint density at radius 3 is 2.50 bits per heavy atom. The van der Waals surface area contributed by atoms with Crippen LogP contribution in [-0.2, 0) is 6.54 Å². The number of nitrogens with zero attached hydrogens (tertiary/aromatic N) is 2. The van der Waals surface area contributed by atoms with E-state index in [1.165, 1.54) is 0 Å². The SMILES string of the molecule is COc1cc(OC)c2cc(C(=O)N(C)Cc3ccccn3)[nH]c2c1OC. The second kappa shape index (κ2) is 7.35. The van der Waals surface area contributed by atoms with Crippen LogP contribution in [0.25, 0.3) is 10.9 Å². The molecule has 2 aromatic heterocycles. The van der Waals surface area contributed by atoms with E-state index < -0.39 is 0 Å². The molecule has 0 unspecified atom stereocenters. The molecule has 0 spiro atoms. The molecule has 0 radical (unpaired) electrons. The summed E-state index contributed by atoms with van der Waals surface area (Å²) in [6.45, 7) is 0.409. The molecule has 0 aliphatic carbocycles. The molecule has 0 aliphatic heterocycles. The van der Waals surface area contributed by atoms with Gasteiger partial charge in [-0.2, -0.15) is 0 Å². The number of aromatic amines is 1. The van der Waals surface area contributed by atoms with Crippen molar-refractivity contribution in [2.24, 2.45) is 0 Å². The summed E-state index contributed by atoms with van der Waals surface area (Å²) >= 11 is 0. The van der Waals surface area contributed by atoms with Gasteiger partial charge in [-0.3, -0.25) is 9.78 Å². The standard InChI is InChI=1S/C19H21N3O4/c1-22(11-12-7-5-6-8-20-12)19(23)14-9-13-15(24-2)10-16(25-3)18(26-4)17(13)21-14/h5-10,21H,11H2,1-4H3. The Balaban J connectivity index is 1.98. The van der Waals surface area contributed by atoms with Gasteiger partial charge in [-0.1, -0.05) is 6.07 Å². The van der Waals surface area contributed by atoms with Crippen molar-refractivity contribution < 1.29 is 19.0 Å². The molecule has 7 heteroatoms. The lowest BCUT2D eigenvalue weighted by molar-refractivity contribution is 0.0778. The Labute approximate surface area is 151 Å². The monoisotopic (exact) mass is 355 g/mol. The van der Waals surface area contributed by atoms with E-state index in [4.69, 9.17) is 14.2 Å². The Kier molecular flexibility index (Phi) is 4.97. The van der Waals surface area contributed by atoms with Gasteiger partial charge in [0.05, 0.1) is 39.1 Å². The van der Waals surface area contributed by atoms with Gasteiger partial charge in [0.25, 0.3) is 5.91 Å². The molecule has 0 saturated heterocycles. The number of rotatable bonds is 6. The molecule has 3 rings (SSSR count). The van der Waals surface area contributed by atoms with E-state index in [9.17, 15) is 4.79 Å². The second-order valence-electron chi connectivity index (χ2n) is 5.77. The fourth-order valence-corrected chi connectivity index (χ4v) is 2.86. The van der Waals surface area contributed by atoms with Gasteiger partial charge in [0.15, 0.2) is 11.5 Å². The third kappa shape index (κ3) is 3.15. The van der Waals surface area contributed by atoms with Crippen LogP contribution in [0.3, 0.4) is 0 Å². The second-order valence-corrected chi connectivity index (χ2v) is 5.77. The van der Waals surface area contributed by atoms with E-state index in [1.54, 1.807) is 51.6 Å². The largest absolute Gasteiger partial charge is 0.496 e. The highest BCUT2D eigenvalue weighted by Gasteiger charge is 2.21. The number of carbonyl (C=O) groups excluding carboxylic acids is 1. The smallest absolute Gasteiger partial charge is 0.270 e. The van der Waals surface area contributed by atoms with Gasteiger partial charge in [-0.15, -0.1) is 0 Å². The summed E-state index contributed by atoms with van der Waals surface area (Å²) in [6, 6.07) is 9.11. The number of benzene rings is 1. The molecular weight excluding hydrogens is 334 g/mol. The van der Waals surface area contributed by atoms with Gasteiger partial charge in [0, 0.05) is 24.7 Å². The zero-order valence-corrected chi connectivity index (χ0v) is 15.2. The quantitative estimate of drug-likeness (QED) is 0.736. The van der Waals surface area contributed by atoms with Crippen molar-refractivity contribution in [3.05, 3.63) is 47.9 Å². The average molecular weight is 355 g/mol. The maximum Gasteiger partial charge on any atom is 0.270 e. The normalized spacial score (nSPS) is 10.6. The van der Waals surface area contributed by atoms with E-state index in [1.807, 2.05) is 18.2 Å². The van der Waals surface area contributed by atoms with Gasteiger partial charge in [0.2, 0.25) is 0 Å². The first-order valence-electron chi connectivity index (χ1n) is 8.06. The first-order valence-corrected chi connectivity index (χ1v) is 8.06. The molecule has 1 N–H and O–H groups in total. The third-order valence-corrected chi connectivity index (χ3v) is 4.14. The molecule has 1 aromatic carbocycles. The summed E-state index contributed by atoms with van der Waals surface area (Å²) < 4.78 is 16.2. The number of hydrogen-bond donors (Lipinski definition) is 1. The zero-order chi connectivity index (χ0) is 18.7. The molecule has 0 aliphatic rings. The molecule has 136 valence electrons. The number of carbonyl (C=O) groups is 1. The molecule has 7 nitrogen and oxygen atoms in total. The minimum atomic E-state index is -0.157. The van der Waals surface area contributed by atoms with Crippen LogP contribution >= 0.6 is 0 Å². The van der Waals surface area contributed by atoms with E-state index >= 15 is 0 Å². The fourth-order valence-electron chi connectivity index (χ4n) is 2.86. The number of fused-ring (bicyclic) bond motifs is 1. The van der Waals surface area contributed by atoms with Crippen LogP contribution in [0.4, 0.5) is 0 Å². The minimum Gasteiger partial charge on any atom is -0.496 e. The van der Waals surface area contributed by atoms with Crippen molar-refractivity contribution >= 4 is 16.8 Å². The van der Waals surface area contributed by atoms with Gasteiger partial charge < -0.3 is 24.1 Å². The van der Waals surface area contributed by atoms with Gasteiger partial charge >= 0.3 is 0 Å².